The average molecular weight is 287 g/mol. The van der Waals surface area contributed by atoms with Crippen molar-refractivity contribution in [2.24, 2.45) is 35.0 Å². The molecule has 0 heteroatoms. The highest BCUT2D eigenvalue weighted by atomic mass is 14.5. The fraction of sp³-hybridized carbons (Fsp3) is 0.810. The van der Waals surface area contributed by atoms with Crippen molar-refractivity contribution in [1.82, 2.24) is 0 Å². The second kappa shape index (κ2) is 5.60. The molecule has 0 nitrogen and oxygen atoms in total. The molecule has 118 valence electrons. The van der Waals surface area contributed by atoms with Gasteiger partial charge in [-0.05, 0) is 79.1 Å². The van der Waals surface area contributed by atoms with Crippen molar-refractivity contribution in [1.29, 1.82) is 0 Å². The van der Waals surface area contributed by atoms with Crippen LogP contribution in [-0.2, 0) is 0 Å². The van der Waals surface area contributed by atoms with E-state index in [-0.39, 0.29) is 0 Å². The van der Waals surface area contributed by atoms with Crippen LogP contribution in [0.4, 0.5) is 0 Å². The zero-order valence-corrected chi connectivity index (χ0v) is 14.8. The Hall–Kier alpha value is -0.520. The summed E-state index contributed by atoms with van der Waals surface area (Å²) in [5, 5.41) is 0. The fourth-order valence-electron chi connectivity index (χ4n) is 5.16. The minimum atomic E-state index is 0.479. The third-order valence-corrected chi connectivity index (χ3v) is 6.74. The Morgan fingerprint density at radius 1 is 1.10 bits per heavy atom. The largest absolute Gasteiger partial charge is 0.0802 e. The molecule has 3 aliphatic rings. The van der Waals surface area contributed by atoms with E-state index >= 15 is 0 Å². The van der Waals surface area contributed by atoms with Crippen molar-refractivity contribution in [3.05, 3.63) is 23.3 Å². The number of allylic oxidation sites excluding steroid dienone is 4. The summed E-state index contributed by atoms with van der Waals surface area (Å²) >= 11 is 0. The van der Waals surface area contributed by atoms with E-state index < -0.39 is 0 Å². The Morgan fingerprint density at radius 2 is 1.86 bits per heavy atom. The molecule has 1 fully saturated rings. The first-order valence-corrected chi connectivity index (χ1v) is 9.24. The van der Waals surface area contributed by atoms with E-state index in [1.165, 1.54) is 38.5 Å². The van der Waals surface area contributed by atoms with Gasteiger partial charge >= 0.3 is 0 Å². The molecule has 4 atom stereocenters. The standard InChI is InChI=1S/C21H34/c1-14(2)16-11-17(13-18(12-16)21(3,4)5)20-10-9-15-7-6-8-19(15)20/h6,8,14,16-18,20H,7,9-13H2,1-5H3. The monoisotopic (exact) mass is 286 g/mol. The topological polar surface area (TPSA) is 0 Å². The van der Waals surface area contributed by atoms with Crippen LogP contribution in [0, 0.1) is 35.0 Å². The van der Waals surface area contributed by atoms with E-state index in [9.17, 15) is 0 Å². The van der Waals surface area contributed by atoms with Gasteiger partial charge in [-0.2, -0.15) is 0 Å². The molecule has 21 heavy (non-hydrogen) atoms. The van der Waals surface area contributed by atoms with E-state index in [4.69, 9.17) is 0 Å². The van der Waals surface area contributed by atoms with Crippen LogP contribution in [-0.4, -0.2) is 0 Å². The van der Waals surface area contributed by atoms with Crippen LogP contribution in [0.25, 0.3) is 0 Å². The van der Waals surface area contributed by atoms with Crippen molar-refractivity contribution >= 4 is 0 Å². The molecule has 0 N–H and O–H groups in total. The van der Waals surface area contributed by atoms with E-state index in [2.05, 4.69) is 46.8 Å². The summed E-state index contributed by atoms with van der Waals surface area (Å²) in [6.07, 6.45) is 13.4. The van der Waals surface area contributed by atoms with Crippen LogP contribution in [0.2, 0.25) is 0 Å². The molecule has 4 unspecified atom stereocenters. The summed E-state index contributed by atoms with van der Waals surface area (Å²) in [7, 11) is 0. The highest BCUT2D eigenvalue weighted by Crippen LogP contribution is 2.52. The molecule has 0 aromatic carbocycles. The Bertz CT molecular complexity index is 443. The molecule has 0 radical (unpaired) electrons. The third kappa shape index (κ3) is 3.01. The highest BCUT2D eigenvalue weighted by molar-refractivity contribution is 5.39. The average Bonchev–Trinajstić information content (AvgIpc) is 2.99. The van der Waals surface area contributed by atoms with Gasteiger partial charge in [0.25, 0.3) is 0 Å². The number of hydrogen-bond acceptors (Lipinski definition) is 0. The lowest BCUT2D eigenvalue weighted by molar-refractivity contribution is 0.0641. The van der Waals surface area contributed by atoms with Crippen LogP contribution in [0.3, 0.4) is 0 Å². The van der Waals surface area contributed by atoms with Crippen molar-refractivity contribution < 1.29 is 0 Å². The zero-order chi connectivity index (χ0) is 15.2. The summed E-state index contributed by atoms with van der Waals surface area (Å²) in [5.74, 6) is 4.56. The molecule has 1 saturated carbocycles. The van der Waals surface area contributed by atoms with Gasteiger partial charge in [-0.15, -0.1) is 0 Å². The molecule has 0 amide bonds. The van der Waals surface area contributed by atoms with Crippen molar-refractivity contribution in [3.63, 3.8) is 0 Å². The first kappa shape index (κ1) is 15.4. The Balaban J connectivity index is 1.79. The van der Waals surface area contributed by atoms with Gasteiger partial charge in [0.1, 0.15) is 0 Å². The van der Waals surface area contributed by atoms with E-state index in [0.717, 1.165) is 29.6 Å². The van der Waals surface area contributed by atoms with Crippen molar-refractivity contribution in [2.45, 2.75) is 73.1 Å². The quantitative estimate of drug-likeness (QED) is 0.552. The first-order chi connectivity index (χ1) is 9.86. The molecule has 0 aliphatic heterocycles. The van der Waals surface area contributed by atoms with E-state index in [1.807, 2.05) is 0 Å². The van der Waals surface area contributed by atoms with Crippen molar-refractivity contribution in [3.8, 4) is 0 Å². The molecule has 0 heterocycles. The van der Waals surface area contributed by atoms with Crippen LogP contribution >= 0.6 is 0 Å². The van der Waals surface area contributed by atoms with Crippen LogP contribution in [0.15, 0.2) is 23.3 Å². The summed E-state index contributed by atoms with van der Waals surface area (Å²) in [4.78, 5) is 0. The summed E-state index contributed by atoms with van der Waals surface area (Å²) < 4.78 is 0. The van der Waals surface area contributed by atoms with E-state index in [1.54, 1.807) is 11.1 Å². The maximum absolute atomic E-state index is 2.47. The number of hydrogen-bond donors (Lipinski definition) is 0. The summed E-state index contributed by atoms with van der Waals surface area (Å²) in [5.41, 5.74) is 4.02. The zero-order valence-electron chi connectivity index (χ0n) is 14.8. The SMILES string of the molecule is CC(C)C1CC(C2CCC3=C2C=CC3)CC(C(C)(C)C)C1. The van der Waals surface area contributed by atoms with Crippen molar-refractivity contribution in [2.75, 3.05) is 0 Å². The predicted molar refractivity (Wildman–Crippen MR) is 92.1 cm³/mol. The van der Waals surface area contributed by atoms with Gasteiger partial charge in [0, 0.05) is 0 Å². The minimum absolute atomic E-state index is 0.479. The molecule has 3 rings (SSSR count). The molecular weight excluding hydrogens is 252 g/mol. The fourth-order valence-corrected chi connectivity index (χ4v) is 5.16. The molecule has 3 aliphatic carbocycles. The smallest absolute Gasteiger partial charge is 0.0130 e. The second-order valence-corrected chi connectivity index (χ2v) is 9.34. The van der Waals surface area contributed by atoms with Crippen LogP contribution in [0.1, 0.15) is 73.1 Å². The number of rotatable bonds is 2. The lowest BCUT2D eigenvalue weighted by Gasteiger charge is -2.45. The molecule has 0 spiro atoms. The molecule has 0 saturated heterocycles. The third-order valence-electron chi connectivity index (χ3n) is 6.74. The first-order valence-electron chi connectivity index (χ1n) is 9.24. The molecule has 0 aromatic heterocycles. The summed E-state index contributed by atoms with van der Waals surface area (Å²) in [6.45, 7) is 12.3. The predicted octanol–water partition coefficient (Wildman–Crippen LogP) is 6.39. The minimum Gasteiger partial charge on any atom is -0.0802 e. The van der Waals surface area contributed by atoms with Gasteiger partial charge in [-0.3, -0.25) is 0 Å². The summed E-state index contributed by atoms with van der Waals surface area (Å²) in [6, 6.07) is 0. The van der Waals surface area contributed by atoms with Gasteiger partial charge in [0.2, 0.25) is 0 Å². The second-order valence-electron chi connectivity index (χ2n) is 9.34. The Morgan fingerprint density at radius 3 is 2.52 bits per heavy atom. The molecular formula is C21H34. The van der Waals surface area contributed by atoms with Gasteiger partial charge in [-0.1, -0.05) is 52.3 Å². The van der Waals surface area contributed by atoms with Gasteiger partial charge in [0.15, 0.2) is 0 Å². The lowest BCUT2D eigenvalue weighted by Crippen LogP contribution is -2.35. The van der Waals surface area contributed by atoms with Crippen LogP contribution in [0.5, 0.6) is 0 Å². The Labute approximate surface area is 132 Å². The molecule has 0 aromatic rings. The van der Waals surface area contributed by atoms with Crippen LogP contribution < -0.4 is 0 Å². The highest BCUT2D eigenvalue weighted by Gasteiger charge is 2.41. The van der Waals surface area contributed by atoms with Gasteiger partial charge < -0.3 is 0 Å². The maximum Gasteiger partial charge on any atom is -0.0130 e. The Kier molecular flexibility index (Phi) is 4.10. The lowest BCUT2D eigenvalue weighted by atomic mass is 9.60. The maximum atomic E-state index is 2.47. The van der Waals surface area contributed by atoms with Gasteiger partial charge in [0.05, 0.1) is 0 Å². The van der Waals surface area contributed by atoms with E-state index in [0.29, 0.717) is 5.41 Å². The van der Waals surface area contributed by atoms with Gasteiger partial charge in [-0.25, -0.2) is 0 Å². The molecule has 0 bridgehead atoms. The normalized spacial score (nSPS) is 36.7.